The van der Waals surface area contributed by atoms with E-state index < -0.39 is 0 Å². The van der Waals surface area contributed by atoms with E-state index in [1.165, 1.54) is 6.42 Å². The SMILES string of the molecule is CSc1nnc(CN2CCC[C@@H]2CO)s1. The summed E-state index contributed by atoms with van der Waals surface area (Å²) in [5.41, 5.74) is 0. The molecule has 1 fully saturated rings. The summed E-state index contributed by atoms with van der Waals surface area (Å²) in [5.74, 6) is 0. The van der Waals surface area contributed by atoms with Crippen molar-refractivity contribution in [3.8, 4) is 0 Å². The summed E-state index contributed by atoms with van der Waals surface area (Å²) in [6.45, 7) is 2.16. The summed E-state index contributed by atoms with van der Waals surface area (Å²) >= 11 is 3.28. The molecule has 0 aromatic carbocycles. The van der Waals surface area contributed by atoms with Gasteiger partial charge in [-0.25, -0.2) is 0 Å². The molecule has 0 amide bonds. The van der Waals surface area contributed by atoms with Crippen molar-refractivity contribution >= 4 is 23.1 Å². The Hall–Kier alpha value is -0.170. The van der Waals surface area contributed by atoms with Crippen LogP contribution in [0.3, 0.4) is 0 Å². The molecule has 1 aliphatic rings. The van der Waals surface area contributed by atoms with Crippen LogP contribution in [-0.4, -0.2) is 45.7 Å². The van der Waals surface area contributed by atoms with Crippen molar-refractivity contribution in [2.75, 3.05) is 19.4 Å². The van der Waals surface area contributed by atoms with Crippen LogP contribution in [-0.2, 0) is 6.54 Å². The molecule has 84 valence electrons. The minimum Gasteiger partial charge on any atom is -0.395 e. The second-order valence-electron chi connectivity index (χ2n) is 3.61. The molecule has 1 aromatic rings. The van der Waals surface area contributed by atoms with Crippen LogP contribution < -0.4 is 0 Å². The molecule has 1 atom stereocenters. The molecule has 0 saturated carbocycles. The number of likely N-dealkylation sites (tertiary alicyclic amines) is 1. The molecule has 2 rings (SSSR count). The minimum absolute atomic E-state index is 0.258. The van der Waals surface area contributed by atoms with E-state index in [0.717, 1.165) is 28.9 Å². The van der Waals surface area contributed by atoms with Crippen LogP contribution in [0.25, 0.3) is 0 Å². The summed E-state index contributed by atoms with van der Waals surface area (Å²) in [4.78, 5) is 2.30. The Kier molecular flexibility index (Phi) is 3.96. The number of nitrogens with zero attached hydrogens (tertiary/aromatic N) is 3. The predicted octanol–water partition coefficient (Wildman–Crippen LogP) is 1.22. The lowest BCUT2D eigenvalue weighted by molar-refractivity contribution is 0.153. The van der Waals surface area contributed by atoms with E-state index in [2.05, 4.69) is 15.1 Å². The van der Waals surface area contributed by atoms with Gasteiger partial charge in [-0.3, -0.25) is 4.90 Å². The first-order chi connectivity index (χ1) is 7.33. The molecule has 0 spiro atoms. The molecule has 6 heteroatoms. The average molecular weight is 245 g/mol. The fourth-order valence-corrected chi connectivity index (χ4v) is 3.21. The van der Waals surface area contributed by atoms with Gasteiger partial charge >= 0.3 is 0 Å². The fourth-order valence-electron chi connectivity index (χ4n) is 1.87. The van der Waals surface area contributed by atoms with Crippen LogP contribution >= 0.6 is 23.1 Å². The van der Waals surface area contributed by atoms with Gasteiger partial charge < -0.3 is 5.11 Å². The minimum atomic E-state index is 0.258. The fraction of sp³-hybridized carbons (Fsp3) is 0.778. The van der Waals surface area contributed by atoms with E-state index in [0.29, 0.717) is 6.04 Å². The van der Waals surface area contributed by atoms with Crippen LogP contribution in [0.4, 0.5) is 0 Å². The average Bonchev–Trinajstić information content (AvgIpc) is 2.87. The number of hydrogen-bond acceptors (Lipinski definition) is 6. The molecule has 15 heavy (non-hydrogen) atoms. The van der Waals surface area contributed by atoms with Gasteiger partial charge in [0.2, 0.25) is 0 Å². The van der Waals surface area contributed by atoms with Crippen molar-refractivity contribution in [3.63, 3.8) is 0 Å². The zero-order valence-corrected chi connectivity index (χ0v) is 10.4. The van der Waals surface area contributed by atoms with Gasteiger partial charge in [-0.05, 0) is 25.6 Å². The Morgan fingerprint density at radius 3 is 3.13 bits per heavy atom. The maximum Gasteiger partial charge on any atom is 0.174 e. The maximum atomic E-state index is 9.19. The Morgan fingerprint density at radius 1 is 1.60 bits per heavy atom. The molecule has 0 bridgehead atoms. The second-order valence-corrected chi connectivity index (χ2v) is 5.73. The summed E-state index contributed by atoms with van der Waals surface area (Å²) < 4.78 is 1.02. The van der Waals surface area contributed by atoms with Gasteiger partial charge in [0.15, 0.2) is 4.34 Å². The topological polar surface area (TPSA) is 49.2 Å². The van der Waals surface area contributed by atoms with Crippen molar-refractivity contribution in [3.05, 3.63) is 5.01 Å². The summed E-state index contributed by atoms with van der Waals surface area (Å²) in [6, 6.07) is 0.326. The molecule has 4 nitrogen and oxygen atoms in total. The standard InChI is InChI=1S/C9H15N3OS2/c1-14-9-11-10-8(15-9)5-12-4-2-3-7(12)6-13/h7,13H,2-6H2,1H3/t7-/m1/s1. The van der Waals surface area contributed by atoms with Crippen LogP contribution in [0, 0.1) is 0 Å². The number of rotatable bonds is 4. The molecule has 1 aromatic heterocycles. The molecule has 1 saturated heterocycles. The summed E-state index contributed by atoms with van der Waals surface area (Å²) in [6.07, 6.45) is 4.29. The van der Waals surface area contributed by atoms with E-state index in [-0.39, 0.29) is 6.61 Å². The molecule has 0 unspecified atom stereocenters. The maximum absolute atomic E-state index is 9.19. The highest BCUT2D eigenvalue weighted by molar-refractivity contribution is 8.00. The molecule has 1 aliphatic heterocycles. The van der Waals surface area contributed by atoms with Crippen molar-refractivity contribution in [2.45, 2.75) is 29.8 Å². The first kappa shape index (κ1) is 11.3. The molecular formula is C9H15N3OS2. The van der Waals surface area contributed by atoms with Gasteiger partial charge in [0.1, 0.15) is 5.01 Å². The Balaban J connectivity index is 1.95. The third kappa shape index (κ3) is 2.69. The molecule has 2 heterocycles. The third-order valence-electron chi connectivity index (χ3n) is 2.67. The Morgan fingerprint density at radius 2 is 2.47 bits per heavy atom. The summed E-state index contributed by atoms with van der Waals surface area (Å²) in [7, 11) is 0. The lowest BCUT2D eigenvalue weighted by Crippen LogP contribution is -2.31. The van der Waals surface area contributed by atoms with E-state index in [4.69, 9.17) is 0 Å². The number of aliphatic hydroxyl groups excluding tert-OH is 1. The Bertz CT molecular complexity index is 318. The van der Waals surface area contributed by atoms with Crippen LogP contribution in [0.1, 0.15) is 17.8 Å². The predicted molar refractivity (Wildman–Crippen MR) is 62.2 cm³/mol. The second kappa shape index (κ2) is 5.25. The molecular weight excluding hydrogens is 230 g/mol. The molecule has 0 aliphatic carbocycles. The normalized spacial score (nSPS) is 22.4. The lowest BCUT2D eigenvalue weighted by Gasteiger charge is -2.20. The van der Waals surface area contributed by atoms with Gasteiger partial charge in [-0.15, -0.1) is 10.2 Å². The highest BCUT2D eigenvalue weighted by Crippen LogP contribution is 2.24. The molecule has 1 N–H and O–H groups in total. The zero-order valence-electron chi connectivity index (χ0n) is 8.72. The van der Waals surface area contributed by atoms with Gasteiger partial charge in [0.05, 0.1) is 13.2 Å². The van der Waals surface area contributed by atoms with Crippen LogP contribution in [0.15, 0.2) is 4.34 Å². The monoisotopic (exact) mass is 245 g/mol. The largest absolute Gasteiger partial charge is 0.395 e. The molecule has 0 radical (unpaired) electrons. The summed E-state index contributed by atoms with van der Waals surface area (Å²) in [5, 5.41) is 18.5. The van der Waals surface area contributed by atoms with Crippen molar-refractivity contribution in [2.24, 2.45) is 0 Å². The first-order valence-corrected chi connectivity index (χ1v) is 7.09. The highest BCUT2D eigenvalue weighted by atomic mass is 32.2. The van der Waals surface area contributed by atoms with E-state index in [1.54, 1.807) is 23.1 Å². The number of aliphatic hydroxyl groups is 1. The van der Waals surface area contributed by atoms with Crippen LogP contribution in [0.2, 0.25) is 0 Å². The van der Waals surface area contributed by atoms with Crippen LogP contribution in [0.5, 0.6) is 0 Å². The highest BCUT2D eigenvalue weighted by Gasteiger charge is 2.24. The van der Waals surface area contributed by atoms with E-state index in [1.807, 2.05) is 6.26 Å². The Labute approximate surface area is 97.7 Å². The number of thioether (sulfide) groups is 1. The van der Waals surface area contributed by atoms with Gasteiger partial charge in [-0.1, -0.05) is 23.1 Å². The van der Waals surface area contributed by atoms with Crippen molar-refractivity contribution in [1.82, 2.24) is 15.1 Å². The van der Waals surface area contributed by atoms with E-state index >= 15 is 0 Å². The van der Waals surface area contributed by atoms with Gasteiger partial charge in [0.25, 0.3) is 0 Å². The zero-order chi connectivity index (χ0) is 10.7. The van der Waals surface area contributed by atoms with E-state index in [9.17, 15) is 5.11 Å². The smallest absolute Gasteiger partial charge is 0.174 e. The van der Waals surface area contributed by atoms with Crippen molar-refractivity contribution < 1.29 is 5.11 Å². The van der Waals surface area contributed by atoms with Crippen molar-refractivity contribution in [1.29, 1.82) is 0 Å². The van der Waals surface area contributed by atoms with Gasteiger partial charge in [-0.2, -0.15) is 0 Å². The first-order valence-electron chi connectivity index (χ1n) is 5.04. The van der Waals surface area contributed by atoms with Gasteiger partial charge in [0, 0.05) is 6.04 Å². The number of hydrogen-bond donors (Lipinski definition) is 1. The lowest BCUT2D eigenvalue weighted by atomic mass is 10.2. The number of aromatic nitrogens is 2. The quantitative estimate of drug-likeness (QED) is 0.808. The third-order valence-corrected chi connectivity index (χ3v) is 4.55.